The molecule has 0 saturated carbocycles. The van der Waals surface area contributed by atoms with Crippen molar-refractivity contribution >= 4 is 36.9 Å². The monoisotopic (exact) mass is 1340 g/mol. The lowest BCUT2D eigenvalue weighted by Crippen LogP contribution is -2.49. The standard InChI is InChI=1S/C53H39N3Si.C41H31N3Si/c1-57(2)49-16-10-9-15-47(49)48-35-46(33-34-50(48)57)42-19-17-40(18-20-42)41-25-31-45(32-26-41)53-55-51(43-27-21-38(22-28-43)36-11-5-3-6-12-36)54-52(56-53)44-29-23-39(24-30-44)37-13-7-4-8-14-37;1-45(2)37-20-12-11-18-34(37)36-27-32(25-26-38(36)45)28-21-23-29(24-22-28)33-17-9-10-19-35(33)41-43-39(30-13-5-3-6-14-30)42-40(44-41)31-15-7-4-8-16-31/h3-35H,1-2H3;3-27H,1-2H3. The van der Waals surface area contributed by atoms with Crippen LogP contribution in [-0.4, -0.2) is 46.1 Å². The first-order chi connectivity index (χ1) is 50.0. The number of fused-ring (bicyclic) bond motifs is 6. The minimum absolute atomic E-state index is 0.639. The third-order valence-corrected chi connectivity index (χ3v) is 27.5. The largest absolute Gasteiger partial charge is 0.208 e. The summed E-state index contributed by atoms with van der Waals surface area (Å²) in [6.07, 6.45) is 0. The van der Waals surface area contributed by atoms with Crippen molar-refractivity contribution < 1.29 is 0 Å². The highest BCUT2D eigenvalue weighted by Gasteiger charge is 2.38. The Balaban J connectivity index is 0.000000156. The van der Waals surface area contributed by atoms with E-state index in [9.17, 15) is 0 Å². The van der Waals surface area contributed by atoms with Gasteiger partial charge in [-0.25, -0.2) is 29.9 Å². The molecule has 16 aromatic rings. The molecular formula is C94H70N6Si2. The van der Waals surface area contributed by atoms with Gasteiger partial charge in [0.25, 0.3) is 0 Å². The second kappa shape index (κ2) is 26.7. The fourth-order valence-electron chi connectivity index (χ4n) is 14.8. The molecule has 2 aliphatic rings. The van der Waals surface area contributed by atoms with Crippen molar-refractivity contribution in [3.05, 3.63) is 352 Å². The first-order valence-electron chi connectivity index (χ1n) is 34.9. The second-order valence-corrected chi connectivity index (χ2v) is 36.0. The molecule has 0 aliphatic carbocycles. The maximum atomic E-state index is 5.04. The van der Waals surface area contributed by atoms with Gasteiger partial charge in [-0.2, -0.15) is 0 Å². The lowest BCUT2D eigenvalue weighted by atomic mass is 9.95. The van der Waals surface area contributed by atoms with Gasteiger partial charge in [-0.3, -0.25) is 0 Å². The Morgan fingerprint density at radius 2 is 0.353 bits per heavy atom. The van der Waals surface area contributed by atoms with E-state index in [0.29, 0.717) is 34.9 Å². The van der Waals surface area contributed by atoms with Crippen LogP contribution in [0.2, 0.25) is 26.2 Å². The third-order valence-electron chi connectivity index (χ3n) is 20.4. The molecule has 0 N–H and O–H groups in total. The molecule has 4 heterocycles. The summed E-state index contributed by atoms with van der Waals surface area (Å²) in [5.41, 5.74) is 25.4. The Kier molecular flexibility index (Phi) is 16.5. The van der Waals surface area contributed by atoms with E-state index in [-0.39, 0.29) is 0 Å². The van der Waals surface area contributed by atoms with Crippen molar-refractivity contribution in [2.24, 2.45) is 0 Å². The highest BCUT2D eigenvalue weighted by molar-refractivity contribution is 7.04. The van der Waals surface area contributed by atoms with E-state index in [4.69, 9.17) is 29.9 Å². The molecule has 6 nitrogen and oxygen atoms in total. The van der Waals surface area contributed by atoms with Gasteiger partial charge in [-0.15, -0.1) is 0 Å². The zero-order valence-electron chi connectivity index (χ0n) is 57.2. The van der Waals surface area contributed by atoms with Crippen LogP contribution >= 0.6 is 0 Å². The Labute approximate surface area is 598 Å². The molecule has 0 amide bonds. The Bertz CT molecular complexity index is 5590. The minimum atomic E-state index is -1.67. The molecule has 0 atom stereocenters. The third kappa shape index (κ3) is 12.1. The van der Waals surface area contributed by atoms with Crippen LogP contribution in [0.25, 0.3) is 157 Å². The van der Waals surface area contributed by atoms with Crippen molar-refractivity contribution in [1.82, 2.24) is 29.9 Å². The van der Waals surface area contributed by atoms with Crippen LogP contribution in [-0.2, 0) is 0 Å². The maximum absolute atomic E-state index is 5.04. The van der Waals surface area contributed by atoms with E-state index in [1.807, 2.05) is 72.8 Å². The molecule has 2 aliphatic heterocycles. The smallest absolute Gasteiger partial charge is 0.164 e. The van der Waals surface area contributed by atoms with E-state index in [2.05, 4.69) is 305 Å². The fourth-order valence-corrected chi connectivity index (χ4v) is 21.0. The first kappa shape index (κ1) is 63.0. The van der Waals surface area contributed by atoms with Gasteiger partial charge in [0.1, 0.15) is 16.1 Å². The second-order valence-electron chi connectivity index (χ2n) is 27.4. The molecule has 2 aromatic heterocycles. The fraction of sp³-hybridized carbons (Fsp3) is 0.0426. The molecule has 0 fully saturated rings. The number of rotatable bonds is 12. The molecule has 0 unspecified atom stereocenters. The number of benzene rings is 14. The zero-order chi connectivity index (χ0) is 68.7. The Hall–Kier alpha value is -12.5. The molecule has 484 valence electrons. The average molecular weight is 1340 g/mol. The van der Waals surface area contributed by atoms with Gasteiger partial charge in [-0.05, 0) is 122 Å². The summed E-state index contributed by atoms with van der Waals surface area (Å²) in [6, 6.07) is 125. The van der Waals surface area contributed by atoms with E-state index in [1.54, 1.807) is 0 Å². The van der Waals surface area contributed by atoms with Crippen LogP contribution in [0.4, 0.5) is 0 Å². The number of hydrogen-bond acceptors (Lipinski definition) is 6. The van der Waals surface area contributed by atoms with Gasteiger partial charge in [0.05, 0.1) is 0 Å². The minimum Gasteiger partial charge on any atom is -0.208 e. The predicted octanol–water partition coefficient (Wildman–Crippen LogP) is 21.4. The molecule has 8 heteroatoms. The van der Waals surface area contributed by atoms with Crippen molar-refractivity contribution in [3.8, 4) is 157 Å². The molecule has 102 heavy (non-hydrogen) atoms. The molecule has 0 bridgehead atoms. The summed E-state index contributed by atoms with van der Waals surface area (Å²) in [4.78, 5) is 30.0. The van der Waals surface area contributed by atoms with Crippen molar-refractivity contribution in [1.29, 1.82) is 0 Å². The number of hydrogen-bond donors (Lipinski definition) is 0. The zero-order valence-corrected chi connectivity index (χ0v) is 59.2. The lowest BCUT2D eigenvalue weighted by molar-refractivity contribution is 1.07. The maximum Gasteiger partial charge on any atom is 0.164 e. The van der Waals surface area contributed by atoms with Crippen LogP contribution in [0, 0.1) is 0 Å². The quantitative estimate of drug-likeness (QED) is 0.113. The van der Waals surface area contributed by atoms with E-state index < -0.39 is 16.1 Å². The summed E-state index contributed by atoms with van der Waals surface area (Å²) in [6.45, 7) is 9.85. The predicted molar refractivity (Wildman–Crippen MR) is 429 cm³/mol. The highest BCUT2D eigenvalue weighted by atomic mass is 28.3. The lowest BCUT2D eigenvalue weighted by Gasteiger charge is -2.18. The van der Waals surface area contributed by atoms with Crippen LogP contribution in [0.3, 0.4) is 0 Å². The normalized spacial score (nSPS) is 12.7. The van der Waals surface area contributed by atoms with Gasteiger partial charge in [-0.1, -0.05) is 366 Å². The topological polar surface area (TPSA) is 77.3 Å². The summed E-state index contributed by atoms with van der Waals surface area (Å²) >= 11 is 0. The van der Waals surface area contributed by atoms with E-state index in [0.717, 1.165) is 61.2 Å². The van der Waals surface area contributed by atoms with E-state index in [1.165, 1.54) is 81.9 Å². The molecule has 14 aromatic carbocycles. The average Bonchev–Trinajstić information content (AvgIpc) is 1.56. The van der Waals surface area contributed by atoms with Crippen LogP contribution < -0.4 is 20.7 Å². The first-order valence-corrected chi connectivity index (χ1v) is 40.9. The summed E-state index contributed by atoms with van der Waals surface area (Å²) in [7, 11) is -3.33. The highest BCUT2D eigenvalue weighted by Crippen LogP contribution is 2.39. The van der Waals surface area contributed by atoms with E-state index >= 15 is 0 Å². The van der Waals surface area contributed by atoms with Gasteiger partial charge >= 0.3 is 0 Å². The molecule has 0 saturated heterocycles. The van der Waals surface area contributed by atoms with Gasteiger partial charge in [0.15, 0.2) is 34.9 Å². The molecular weight excluding hydrogens is 1270 g/mol. The number of aromatic nitrogens is 6. The van der Waals surface area contributed by atoms with Crippen molar-refractivity contribution in [2.45, 2.75) is 26.2 Å². The molecule has 0 spiro atoms. The Morgan fingerprint density at radius 3 is 0.686 bits per heavy atom. The van der Waals surface area contributed by atoms with Gasteiger partial charge in [0.2, 0.25) is 0 Å². The van der Waals surface area contributed by atoms with Gasteiger partial charge < -0.3 is 0 Å². The summed E-state index contributed by atoms with van der Waals surface area (Å²) < 4.78 is 0. The number of nitrogens with zero attached hydrogens (tertiary/aromatic N) is 6. The SMILES string of the molecule is C[Si]1(C)c2ccccc2-c2cc(-c3ccc(-c4ccc(-c5nc(-c6ccc(-c7ccccc7)cc6)nc(-c6ccc(-c7ccccc7)cc6)n5)cc4)cc3)ccc21.C[Si]1(C)c2ccccc2-c2cc(-c3ccc(-c4ccccc4-c4nc(-c5ccccc5)nc(-c5ccccc5)n4)cc3)ccc21. The van der Waals surface area contributed by atoms with Crippen LogP contribution in [0.5, 0.6) is 0 Å². The Morgan fingerprint density at radius 1 is 0.147 bits per heavy atom. The van der Waals surface area contributed by atoms with Gasteiger partial charge in [0, 0.05) is 33.4 Å². The van der Waals surface area contributed by atoms with Crippen LogP contribution in [0.1, 0.15) is 0 Å². The summed E-state index contributed by atoms with van der Waals surface area (Å²) in [5.74, 6) is 3.90. The molecule has 18 rings (SSSR count). The van der Waals surface area contributed by atoms with Crippen molar-refractivity contribution in [2.75, 3.05) is 0 Å². The molecule has 0 radical (unpaired) electrons. The summed E-state index contributed by atoms with van der Waals surface area (Å²) in [5, 5.41) is 6.13. The van der Waals surface area contributed by atoms with Crippen LogP contribution in [0.15, 0.2) is 352 Å². The van der Waals surface area contributed by atoms with Crippen molar-refractivity contribution in [3.63, 3.8) is 0 Å².